The van der Waals surface area contributed by atoms with Crippen LogP contribution in [0.15, 0.2) is 10.7 Å². The molecule has 0 aromatic rings. The molecule has 0 aromatic heterocycles. The molecule has 0 spiro atoms. The molecule has 0 aliphatic heterocycles. The molecule has 0 radical (unpaired) electrons. The average Bonchev–Trinajstić information content (AvgIpc) is 2.32. The summed E-state index contributed by atoms with van der Waals surface area (Å²) in [7, 11) is 0. The van der Waals surface area contributed by atoms with E-state index in [0.29, 0.717) is 11.1 Å². The summed E-state index contributed by atoms with van der Waals surface area (Å²) < 4.78 is 0. The van der Waals surface area contributed by atoms with Crippen LogP contribution in [0.5, 0.6) is 0 Å². The molecule has 18 heavy (non-hydrogen) atoms. The van der Waals surface area contributed by atoms with Crippen molar-refractivity contribution < 1.29 is 17.4 Å². The van der Waals surface area contributed by atoms with Gasteiger partial charge in [-0.3, -0.25) is 5.73 Å². The van der Waals surface area contributed by atoms with Gasteiger partial charge >= 0.3 is 0 Å². The van der Waals surface area contributed by atoms with Crippen LogP contribution in [0.2, 0.25) is 0 Å². The van der Waals surface area contributed by atoms with Gasteiger partial charge in [0.15, 0.2) is 5.16 Å². The first-order valence-corrected chi connectivity index (χ1v) is 7.15. The monoisotopic (exact) mass is 294 g/mol. The van der Waals surface area contributed by atoms with Gasteiger partial charge in [-0.2, -0.15) is 0 Å². The third-order valence-corrected chi connectivity index (χ3v) is 3.47. The fourth-order valence-corrected chi connectivity index (χ4v) is 1.78. The van der Waals surface area contributed by atoms with Crippen LogP contribution in [0.1, 0.15) is 66.2 Å². The van der Waals surface area contributed by atoms with E-state index < -0.39 is 0 Å². The highest BCUT2D eigenvalue weighted by atomic mass is 35.5. The maximum atomic E-state index is 6.21. The van der Waals surface area contributed by atoms with Crippen molar-refractivity contribution in [2.45, 2.75) is 66.2 Å². The molecule has 0 bridgehead atoms. The highest BCUT2D eigenvalue weighted by Crippen LogP contribution is 2.10. The molecular weight excluding hydrogens is 267 g/mol. The van der Waals surface area contributed by atoms with Gasteiger partial charge in [0, 0.05) is 0 Å². The minimum Gasteiger partial charge on any atom is -1.00 e. The molecule has 1 atom stereocenters. The molecule has 0 saturated heterocycles. The first-order valence-electron chi connectivity index (χ1n) is 6.77. The molecule has 0 saturated carbocycles. The second-order valence-electron chi connectivity index (χ2n) is 4.82. The number of nitrogens with two attached hydrogens (primary N) is 1. The van der Waals surface area contributed by atoms with Crippen LogP contribution in [0.25, 0.3) is 0 Å². The summed E-state index contributed by atoms with van der Waals surface area (Å²) in [5.74, 6) is 1.17. The Morgan fingerprint density at radius 2 is 1.78 bits per heavy atom. The second kappa shape index (κ2) is 11.9. The Kier molecular flexibility index (Phi) is 13.2. The van der Waals surface area contributed by atoms with Gasteiger partial charge in [0.25, 0.3) is 0 Å². The highest BCUT2D eigenvalue weighted by molar-refractivity contribution is 6.28. The van der Waals surface area contributed by atoms with Crippen LogP contribution in [0.3, 0.4) is 0 Å². The molecule has 108 valence electrons. The molecule has 4 heteroatoms. The average molecular weight is 295 g/mol. The van der Waals surface area contributed by atoms with Gasteiger partial charge in [-0.1, -0.05) is 40.0 Å². The number of hydrogen-bond donors (Lipinski definition) is 2. The smallest absolute Gasteiger partial charge is 0.249 e. The van der Waals surface area contributed by atoms with Gasteiger partial charge in [-0.15, -0.1) is 0 Å². The zero-order valence-electron chi connectivity index (χ0n) is 12.2. The molecule has 0 aliphatic rings. The molecule has 0 heterocycles. The predicted octanol–water partition coefficient (Wildman–Crippen LogP) is -0.0850. The number of nitrogens with one attached hydrogen (secondary N) is 1. The van der Waals surface area contributed by atoms with E-state index in [1.165, 1.54) is 31.3 Å². The Labute approximate surface area is 123 Å². The SMILES string of the molecule is CCCC/C(C)=C(Cl)\[NH+]=C(\N)C(C)CCCC.[Cl-]. The summed E-state index contributed by atoms with van der Waals surface area (Å²) in [5.41, 5.74) is 7.21. The van der Waals surface area contributed by atoms with Crippen LogP contribution in [-0.4, -0.2) is 5.84 Å². The first kappa shape index (κ1) is 20.1. The molecule has 3 N–H and O–H groups in total. The largest absolute Gasteiger partial charge is 1.00 e. The van der Waals surface area contributed by atoms with Gasteiger partial charge in [0.2, 0.25) is 5.84 Å². The summed E-state index contributed by atoms with van der Waals surface area (Å²) >= 11 is 6.21. The molecule has 0 fully saturated rings. The maximum Gasteiger partial charge on any atom is 0.249 e. The standard InChI is InChI=1S/C14H27ClN2.ClH/c1-5-7-9-11(3)13(15)17-14(16)12(4)10-8-6-2;/h12H,5-10H2,1-4H3,(H2,16,17);1H/b13-11-;. The lowest BCUT2D eigenvalue weighted by Gasteiger charge is -2.06. The zero-order valence-corrected chi connectivity index (χ0v) is 13.7. The van der Waals surface area contributed by atoms with Gasteiger partial charge in [-0.25, -0.2) is 4.99 Å². The van der Waals surface area contributed by atoms with Gasteiger partial charge < -0.3 is 12.4 Å². The number of hydrogen-bond acceptors (Lipinski definition) is 0. The molecule has 0 aromatic carbocycles. The lowest BCUT2D eigenvalue weighted by atomic mass is 10.0. The molecule has 2 nitrogen and oxygen atoms in total. The Hall–Kier alpha value is -0.210. The van der Waals surface area contributed by atoms with Gasteiger partial charge in [0.05, 0.1) is 5.92 Å². The maximum absolute atomic E-state index is 6.21. The van der Waals surface area contributed by atoms with Crippen molar-refractivity contribution in [1.82, 2.24) is 0 Å². The van der Waals surface area contributed by atoms with E-state index in [0.717, 1.165) is 18.7 Å². The molecule has 0 aliphatic carbocycles. The first-order chi connectivity index (χ1) is 8.02. The lowest BCUT2D eigenvalue weighted by Crippen LogP contribution is -3.00. The summed E-state index contributed by atoms with van der Waals surface area (Å²) in [6.45, 7) is 8.58. The van der Waals surface area contributed by atoms with Crippen molar-refractivity contribution >= 4 is 17.4 Å². The van der Waals surface area contributed by atoms with Gasteiger partial charge in [-0.05, 0) is 43.4 Å². The van der Waals surface area contributed by atoms with Crippen molar-refractivity contribution in [3.63, 3.8) is 0 Å². The number of rotatable bonds is 8. The third kappa shape index (κ3) is 8.82. The van der Waals surface area contributed by atoms with Crippen molar-refractivity contribution in [3.05, 3.63) is 10.7 Å². The molecule has 1 unspecified atom stereocenters. The fraction of sp³-hybridized carbons (Fsp3) is 0.786. The minimum atomic E-state index is 0. The quantitative estimate of drug-likeness (QED) is 0.367. The topological polar surface area (TPSA) is 40.0 Å². The van der Waals surface area contributed by atoms with Crippen LogP contribution in [-0.2, 0) is 0 Å². The van der Waals surface area contributed by atoms with E-state index in [-0.39, 0.29) is 12.4 Å². The van der Waals surface area contributed by atoms with E-state index >= 15 is 0 Å². The van der Waals surface area contributed by atoms with Crippen LogP contribution in [0.4, 0.5) is 0 Å². The van der Waals surface area contributed by atoms with Crippen LogP contribution < -0.4 is 23.1 Å². The lowest BCUT2D eigenvalue weighted by molar-refractivity contribution is -0.389. The summed E-state index contributed by atoms with van der Waals surface area (Å²) in [6.07, 6.45) is 6.94. The van der Waals surface area contributed by atoms with Crippen molar-refractivity contribution in [2.75, 3.05) is 0 Å². The van der Waals surface area contributed by atoms with Crippen LogP contribution >= 0.6 is 11.6 Å². The number of amidine groups is 1. The van der Waals surface area contributed by atoms with E-state index in [4.69, 9.17) is 17.3 Å². The van der Waals surface area contributed by atoms with E-state index in [9.17, 15) is 0 Å². The van der Waals surface area contributed by atoms with E-state index in [1.807, 2.05) is 0 Å². The molecular formula is C14H28Cl2N2. The summed E-state index contributed by atoms with van der Waals surface area (Å²) in [4.78, 5) is 3.14. The third-order valence-electron chi connectivity index (χ3n) is 3.06. The van der Waals surface area contributed by atoms with E-state index in [1.54, 1.807) is 0 Å². The Morgan fingerprint density at radius 1 is 1.22 bits per heavy atom. The van der Waals surface area contributed by atoms with Crippen LogP contribution in [0, 0.1) is 5.92 Å². The highest BCUT2D eigenvalue weighted by Gasteiger charge is 2.12. The van der Waals surface area contributed by atoms with Gasteiger partial charge in [0.1, 0.15) is 0 Å². The Morgan fingerprint density at radius 3 is 2.28 bits per heavy atom. The Balaban J connectivity index is 0. The normalized spacial score (nSPS) is 14.8. The van der Waals surface area contributed by atoms with E-state index in [2.05, 4.69) is 32.7 Å². The Bertz CT molecular complexity index is 273. The number of halogens is 2. The molecule has 0 rings (SSSR count). The summed E-state index contributed by atoms with van der Waals surface area (Å²) in [6, 6.07) is 0. The van der Waals surface area contributed by atoms with Crippen molar-refractivity contribution in [2.24, 2.45) is 11.7 Å². The van der Waals surface area contributed by atoms with Crippen molar-refractivity contribution in [3.8, 4) is 0 Å². The summed E-state index contributed by atoms with van der Waals surface area (Å²) in [5, 5.41) is 0.708. The number of allylic oxidation sites excluding steroid dienone is 1. The minimum absolute atomic E-state index is 0. The number of unbranched alkanes of at least 4 members (excludes halogenated alkanes) is 2. The zero-order chi connectivity index (χ0) is 13.3. The fourth-order valence-electron chi connectivity index (χ4n) is 1.57. The van der Waals surface area contributed by atoms with Crippen molar-refractivity contribution in [1.29, 1.82) is 0 Å². The second-order valence-corrected chi connectivity index (χ2v) is 5.20. The predicted molar refractivity (Wildman–Crippen MR) is 76.9 cm³/mol. The molecule has 0 amide bonds.